The van der Waals surface area contributed by atoms with Crippen molar-refractivity contribution in [3.8, 4) is 0 Å². The van der Waals surface area contributed by atoms with Crippen molar-refractivity contribution in [3.05, 3.63) is 69.7 Å². The van der Waals surface area contributed by atoms with E-state index in [0.717, 1.165) is 29.2 Å². The fourth-order valence-corrected chi connectivity index (χ4v) is 2.98. The minimum atomic E-state index is -0.777. The second kappa shape index (κ2) is 5.26. The SMILES string of the molecule is Fc1cccc(CC2(c3ccc(Br)cc3)CNC2)c1F. The van der Waals surface area contributed by atoms with Gasteiger partial charge in [0.15, 0.2) is 11.6 Å². The highest BCUT2D eigenvalue weighted by molar-refractivity contribution is 9.10. The van der Waals surface area contributed by atoms with Gasteiger partial charge in [-0.05, 0) is 35.7 Å². The number of halogens is 3. The van der Waals surface area contributed by atoms with Crippen LogP contribution in [0.4, 0.5) is 8.78 Å². The lowest BCUT2D eigenvalue weighted by Gasteiger charge is -2.43. The molecule has 1 aliphatic heterocycles. The second-order valence-electron chi connectivity index (χ2n) is 5.28. The number of nitrogens with one attached hydrogen (secondary N) is 1. The molecule has 4 heteroatoms. The lowest BCUT2D eigenvalue weighted by molar-refractivity contribution is 0.271. The van der Waals surface area contributed by atoms with E-state index in [4.69, 9.17) is 0 Å². The third kappa shape index (κ3) is 2.38. The van der Waals surface area contributed by atoms with E-state index in [1.165, 1.54) is 0 Å². The van der Waals surface area contributed by atoms with Crippen LogP contribution in [0, 0.1) is 11.6 Å². The molecule has 3 rings (SSSR count). The van der Waals surface area contributed by atoms with Gasteiger partial charge in [-0.3, -0.25) is 0 Å². The van der Waals surface area contributed by atoms with Crippen LogP contribution in [0.2, 0.25) is 0 Å². The molecule has 2 aromatic rings. The first kappa shape index (κ1) is 13.7. The van der Waals surface area contributed by atoms with Crippen molar-refractivity contribution in [3.63, 3.8) is 0 Å². The summed E-state index contributed by atoms with van der Waals surface area (Å²) in [6.07, 6.45) is 0.505. The monoisotopic (exact) mass is 337 g/mol. The Hall–Kier alpha value is -1.26. The van der Waals surface area contributed by atoms with Crippen LogP contribution < -0.4 is 5.32 Å². The van der Waals surface area contributed by atoms with Gasteiger partial charge < -0.3 is 5.32 Å². The standard InChI is InChI=1S/C16H14BrF2N/c17-13-6-4-12(5-7-13)16(9-20-10-16)8-11-2-1-3-14(18)15(11)19/h1-7,20H,8-10H2. The molecule has 0 radical (unpaired) electrons. The molecule has 2 aromatic carbocycles. The van der Waals surface area contributed by atoms with Crippen molar-refractivity contribution in [2.75, 3.05) is 13.1 Å². The van der Waals surface area contributed by atoms with Crippen molar-refractivity contribution >= 4 is 15.9 Å². The van der Waals surface area contributed by atoms with Gasteiger partial charge in [0.05, 0.1) is 0 Å². The molecule has 0 amide bonds. The lowest BCUT2D eigenvalue weighted by atomic mass is 9.71. The Morgan fingerprint density at radius 1 is 1.05 bits per heavy atom. The van der Waals surface area contributed by atoms with Crippen molar-refractivity contribution in [1.82, 2.24) is 5.32 Å². The largest absolute Gasteiger partial charge is 0.315 e. The Labute approximate surface area is 125 Å². The fourth-order valence-electron chi connectivity index (χ4n) is 2.71. The molecule has 1 saturated heterocycles. The molecule has 1 heterocycles. The van der Waals surface area contributed by atoms with E-state index in [9.17, 15) is 8.78 Å². The van der Waals surface area contributed by atoms with Crippen LogP contribution in [0.15, 0.2) is 46.9 Å². The van der Waals surface area contributed by atoms with E-state index in [0.29, 0.717) is 12.0 Å². The van der Waals surface area contributed by atoms with Gasteiger partial charge in [0.1, 0.15) is 0 Å². The summed E-state index contributed by atoms with van der Waals surface area (Å²) in [7, 11) is 0. The maximum absolute atomic E-state index is 13.9. The Kier molecular flexibility index (Phi) is 3.61. The summed E-state index contributed by atoms with van der Waals surface area (Å²) in [4.78, 5) is 0. The minimum absolute atomic E-state index is 0.144. The molecule has 1 N–H and O–H groups in total. The molecule has 0 bridgehead atoms. The van der Waals surface area contributed by atoms with Crippen LogP contribution in [0.3, 0.4) is 0 Å². The third-order valence-corrected chi connectivity index (χ3v) is 4.47. The molecule has 0 aliphatic carbocycles. The molecule has 20 heavy (non-hydrogen) atoms. The highest BCUT2D eigenvalue weighted by Gasteiger charge is 2.39. The van der Waals surface area contributed by atoms with Gasteiger partial charge in [-0.15, -0.1) is 0 Å². The fraction of sp³-hybridized carbons (Fsp3) is 0.250. The highest BCUT2D eigenvalue weighted by Crippen LogP contribution is 2.34. The number of hydrogen-bond donors (Lipinski definition) is 1. The summed E-state index contributed by atoms with van der Waals surface area (Å²) in [5.41, 5.74) is 1.45. The Bertz CT molecular complexity index is 621. The van der Waals surface area contributed by atoms with Crippen LogP contribution in [0.25, 0.3) is 0 Å². The van der Waals surface area contributed by atoms with Crippen molar-refractivity contribution in [2.45, 2.75) is 11.8 Å². The number of rotatable bonds is 3. The van der Waals surface area contributed by atoms with E-state index < -0.39 is 11.6 Å². The maximum Gasteiger partial charge on any atom is 0.162 e. The van der Waals surface area contributed by atoms with Gasteiger partial charge in [0.25, 0.3) is 0 Å². The molecule has 1 aliphatic rings. The molecule has 0 atom stereocenters. The first-order chi connectivity index (χ1) is 9.61. The average Bonchev–Trinajstić information content (AvgIpc) is 2.40. The van der Waals surface area contributed by atoms with Crippen molar-refractivity contribution in [1.29, 1.82) is 0 Å². The summed E-state index contributed by atoms with van der Waals surface area (Å²) in [5.74, 6) is -1.50. The van der Waals surface area contributed by atoms with Crippen molar-refractivity contribution < 1.29 is 8.78 Å². The normalized spacial score (nSPS) is 16.8. The topological polar surface area (TPSA) is 12.0 Å². The van der Waals surface area contributed by atoms with E-state index in [-0.39, 0.29) is 5.41 Å². The molecular weight excluding hydrogens is 324 g/mol. The number of hydrogen-bond acceptors (Lipinski definition) is 1. The Balaban J connectivity index is 1.94. The zero-order valence-corrected chi connectivity index (χ0v) is 12.4. The molecule has 0 spiro atoms. The molecule has 0 aromatic heterocycles. The van der Waals surface area contributed by atoms with E-state index in [1.807, 2.05) is 24.3 Å². The quantitative estimate of drug-likeness (QED) is 0.897. The first-order valence-electron chi connectivity index (χ1n) is 6.50. The maximum atomic E-state index is 13.9. The van der Waals surface area contributed by atoms with Crippen LogP contribution in [0.5, 0.6) is 0 Å². The zero-order valence-electron chi connectivity index (χ0n) is 10.8. The summed E-state index contributed by atoms with van der Waals surface area (Å²) in [5, 5.41) is 3.24. The van der Waals surface area contributed by atoms with Crippen LogP contribution in [0.1, 0.15) is 11.1 Å². The Morgan fingerprint density at radius 2 is 1.75 bits per heavy atom. The van der Waals surface area contributed by atoms with Gasteiger partial charge >= 0.3 is 0 Å². The summed E-state index contributed by atoms with van der Waals surface area (Å²) in [6.45, 7) is 1.56. The van der Waals surface area contributed by atoms with Crippen LogP contribution in [-0.4, -0.2) is 13.1 Å². The second-order valence-corrected chi connectivity index (χ2v) is 6.20. The molecule has 0 unspecified atom stereocenters. The van der Waals surface area contributed by atoms with Gasteiger partial charge in [-0.2, -0.15) is 0 Å². The van der Waals surface area contributed by atoms with Crippen LogP contribution in [-0.2, 0) is 11.8 Å². The lowest BCUT2D eigenvalue weighted by Crippen LogP contribution is -2.58. The predicted molar refractivity (Wildman–Crippen MR) is 78.8 cm³/mol. The first-order valence-corrected chi connectivity index (χ1v) is 7.30. The van der Waals surface area contributed by atoms with Crippen molar-refractivity contribution in [2.24, 2.45) is 0 Å². The third-order valence-electron chi connectivity index (χ3n) is 3.94. The average molecular weight is 338 g/mol. The smallest absolute Gasteiger partial charge is 0.162 e. The molecule has 1 nitrogen and oxygen atoms in total. The molecular formula is C16H14BrF2N. The molecule has 104 valence electrons. The molecule has 1 fully saturated rings. The highest BCUT2D eigenvalue weighted by atomic mass is 79.9. The zero-order chi connectivity index (χ0) is 14.2. The summed E-state index contributed by atoms with van der Waals surface area (Å²) >= 11 is 3.41. The van der Waals surface area contributed by atoms with Gasteiger partial charge in [0, 0.05) is 23.0 Å². The predicted octanol–water partition coefficient (Wildman–Crippen LogP) is 3.81. The molecule has 0 saturated carbocycles. The van der Waals surface area contributed by atoms with Gasteiger partial charge in [-0.1, -0.05) is 40.2 Å². The van der Waals surface area contributed by atoms with E-state index >= 15 is 0 Å². The van der Waals surface area contributed by atoms with E-state index in [1.54, 1.807) is 12.1 Å². The van der Waals surface area contributed by atoms with Gasteiger partial charge in [-0.25, -0.2) is 8.78 Å². The van der Waals surface area contributed by atoms with E-state index in [2.05, 4.69) is 21.2 Å². The van der Waals surface area contributed by atoms with Crippen LogP contribution >= 0.6 is 15.9 Å². The number of benzene rings is 2. The minimum Gasteiger partial charge on any atom is -0.315 e. The summed E-state index contributed by atoms with van der Waals surface area (Å²) < 4.78 is 28.2. The summed E-state index contributed by atoms with van der Waals surface area (Å²) in [6, 6.07) is 12.4. The van der Waals surface area contributed by atoms with Gasteiger partial charge in [0.2, 0.25) is 0 Å². The Morgan fingerprint density at radius 3 is 2.35 bits per heavy atom.